The van der Waals surface area contributed by atoms with Crippen LogP contribution in [-0.2, 0) is 6.54 Å². The van der Waals surface area contributed by atoms with Gasteiger partial charge in [-0.25, -0.2) is 0 Å². The molecule has 0 saturated carbocycles. The van der Waals surface area contributed by atoms with Crippen molar-refractivity contribution in [2.45, 2.75) is 19.9 Å². The van der Waals surface area contributed by atoms with E-state index in [9.17, 15) is 0 Å². The van der Waals surface area contributed by atoms with Gasteiger partial charge in [0, 0.05) is 46.3 Å². The summed E-state index contributed by atoms with van der Waals surface area (Å²) in [5, 5.41) is 3.49. The highest BCUT2D eigenvalue weighted by Gasteiger charge is 2.19. The first kappa shape index (κ1) is 21.6. The van der Waals surface area contributed by atoms with Crippen molar-refractivity contribution in [3.8, 4) is 0 Å². The van der Waals surface area contributed by atoms with Crippen LogP contribution >= 0.6 is 35.7 Å². The minimum Gasteiger partial charge on any atom is -0.356 e. The van der Waals surface area contributed by atoms with E-state index >= 15 is 0 Å². The van der Waals surface area contributed by atoms with Gasteiger partial charge in [0.2, 0.25) is 0 Å². The van der Waals surface area contributed by atoms with Gasteiger partial charge in [0.15, 0.2) is 5.96 Å². The lowest BCUT2D eigenvalue weighted by molar-refractivity contribution is 0.172. The Bertz CT molecular complexity index is 502. The largest absolute Gasteiger partial charge is 0.356 e. The van der Waals surface area contributed by atoms with Crippen molar-refractivity contribution >= 4 is 41.7 Å². The minimum absolute atomic E-state index is 0. The molecule has 0 aromatic heterocycles. The van der Waals surface area contributed by atoms with Gasteiger partial charge in [-0.05, 0) is 30.9 Å². The van der Waals surface area contributed by atoms with Gasteiger partial charge in [0.25, 0.3) is 0 Å². The Kier molecular flexibility index (Phi) is 10.8. The van der Waals surface area contributed by atoms with Crippen LogP contribution in [0.3, 0.4) is 0 Å². The molecule has 4 nitrogen and oxygen atoms in total. The number of nitrogens with zero attached hydrogens (tertiary/aromatic N) is 3. The summed E-state index contributed by atoms with van der Waals surface area (Å²) in [6.07, 6.45) is 3.34. The molecule has 24 heavy (non-hydrogen) atoms. The van der Waals surface area contributed by atoms with Gasteiger partial charge >= 0.3 is 0 Å². The molecule has 1 aliphatic heterocycles. The number of thioether (sulfide) groups is 1. The number of hydrogen-bond acceptors (Lipinski definition) is 3. The Morgan fingerprint density at radius 1 is 1.25 bits per heavy atom. The molecule has 1 N–H and O–H groups in total. The van der Waals surface area contributed by atoms with E-state index in [1.54, 1.807) is 0 Å². The molecule has 0 atom stereocenters. The van der Waals surface area contributed by atoms with E-state index in [4.69, 9.17) is 0 Å². The van der Waals surface area contributed by atoms with E-state index < -0.39 is 0 Å². The van der Waals surface area contributed by atoms with Gasteiger partial charge < -0.3 is 10.2 Å². The summed E-state index contributed by atoms with van der Waals surface area (Å²) < 4.78 is 0. The Labute approximate surface area is 168 Å². The maximum atomic E-state index is 4.44. The van der Waals surface area contributed by atoms with Crippen molar-refractivity contribution in [2.24, 2.45) is 4.99 Å². The molecule has 1 saturated heterocycles. The van der Waals surface area contributed by atoms with Gasteiger partial charge in [-0.1, -0.05) is 29.8 Å². The standard InChI is InChI=1S/C18H30N4S.HI/c1-16-6-4-7-17(14-16)15-21-9-11-22(12-10-21)18(19-2)20-8-5-13-23-3;/h4,6-7,14H,5,8-13,15H2,1-3H3,(H,19,20);1H. The Morgan fingerprint density at radius 2 is 2.00 bits per heavy atom. The van der Waals surface area contributed by atoms with Crippen LogP contribution in [0.15, 0.2) is 29.3 Å². The van der Waals surface area contributed by atoms with Crippen LogP contribution in [0.4, 0.5) is 0 Å². The summed E-state index contributed by atoms with van der Waals surface area (Å²) in [4.78, 5) is 9.35. The van der Waals surface area contributed by atoms with Gasteiger partial charge in [0.05, 0.1) is 0 Å². The number of hydrogen-bond donors (Lipinski definition) is 1. The minimum atomic E-state index is 0. The lowest BCUT2D eigenvalue weighted by atomic mass is 10.1. The van der Waals surface area contributed by atoms with Crippen LogP contribution in [-0.4, -0.2) is 67.5 Å². The summed E-state index contributed by atoms with van der Waals surface area (Å²) >= 11 is 1.90. The van der Waals surface area contributed by atoms with E-state index in [1.807, 2.05) is 18.8 Å². The molecule has 0 unspecified atom stereocenters. The summed E-state index contributed by atoms with van der Waals surface area (Å²) in [6, 6.07) is 8.83. The molecule has 0 amide bonds. The highest BCUT2D eigenvalue weighted by Crippen LogP contribution is 2.10. The third-order valence-corrected chi connectivity index (χ3v) is 4.88. The van der Waals surface area contributed by atoms with Crippen LogP contribution < -0.4 is 5.32 Å². The average Bonchev–Trinajstić information content (AvgIpc) is 2.56. The second-order valence-corrected chi connectivity index (χ2v) is 7.06. The predicted octanol–water partition coefficient (Wildman–Crippen LogP) is 3.06. The molecule has 1 heterocycles. The second-order valence-electron chi connectivity index (χ2n) is 6.07. The van der Waals surface area contributed by atoms with Crippen molar-refractivity contribution in [3.05, 3.63) is 35.4 Å². The fourth-order valence-corrected chi connectivity index (χ4v) is 3.37. The first-order valence-corrected chi connectivity index (χ1v) is 9.84. The summed E-state index contributed by atoms with van der Waals surface area (Å²) in [5.74, 6) is 2.26. The Balaban J connectivity index is 0.00000288. The van der Waals surface area contributed by atoms with Gasteiger partial charge in [-0.3, -0.25) is 9.89 Å². The molecule has 0 spiro atoms. The number of guanidine groups is 1. The molecule has 6 heteroatoms. The summed E-state index contributed by atoms with van der Waals surface area (Å²) in [5.41, 5.74) is 2.76. The Hall–Kier alpha value is -0.470. The monoisotopic (exact) mass is 462 g/mol. The lowest BCUT2D eigenvalue weighted by Crippen LogP contribution is -2.52. The van der Waals surface area contributed by atoms with Crippen molar-refractivity contribution < 1.29 is 0 Å². The molecule has 1 fully saturated rings. The highest BCUT2D eigenvalue weighted by molar-refractivity contribution is 14.0. The van der Waals surface area contributed by atoms with Crippen molar-refractivity contribution in [2.75, 3.05) is 51.8 Å². The normalized spacial score (nSPS) is 16.0. The van der Waals surface area contributed by atoms with E-state index in [2.05, 4.69) is 57.6 Å². The zero-order valence-corrected chi connectivity index (χ0v) is 18.3. The molecule has 0 bridgehead atoms. The zero-order valence-electron chi connectivity index (χ0n) is 15.1. The van der Waals surface area contributed by atoms with E-state index in [1.165, 1.54) is 23.3 Å². The SMILES string of the molecule is CN=C(NCCCSC)N1CCN(Cc2cccc(C)c2)CC1.I. The van der Waals surface area contributed by atoms with E-state index in [-0.39, 0.29) is 24.0 Å². The highest BCUT2D eigenvalue weighted by atomic mass is 127. The molecule has 1 aromatic rings. The van der Waals surface area contributed by atoms with Gasteiger partial charge in [0.1, 0.15) is 0 Å². The average molecular weight is 462 g/mol. The van der Waals surface area contributed by atoms with Crippen molar-refractivity contribution in [3.63, 3.8) is 0 Å². The van der Waals surface area contributed by atoms with Gasteiger partial charge in [-0.2, -0.15) is 11.8 Å². The molecule has 1 aliphatic rings. The number of benzene rings is 1. The Morgan fingerprint density at radius 3 is 2.62 bits per heavy atom. The first-order chi connectivity index (χ1) is 11.2. The third-order valence-electron chi connectivity index (χ3n) is 4.18. The zero-order chi connectivity index (χ0) is 16.5. The fraction of sp³-hybridized carbons (Fsp3) is 0.611. The second kappa shape index (κ2) is 12.0. The fourth-order valence-electron chi connectivity index (χ4n) is 2.94. The smallest absolute Gasteiger partial charge is 0.193 e. The van der Waals surface area contributed by atoms with Crippen LogP contribution in [0.25, 0.3) is 0 Å². The molecule has 136 valence electrons. The molecular formula is C18H31IN4S. The first-order valence-electron chi connectivity index (χ1n) is 8.45. The maximum Gasteiger partial charge on any atom is 0.193 e. The molecule has 0 aliphatic carbocycles. The van der Waals surface area contributed by atoms with E-state index in [0.717, 1.165) is 45.2 Å². The van der Waals surface area contributed by atoms with Crippen LogP contribution in [0, 0.1) is 6.92 Å². The summed E-state index contributed by atoms with van der Waals surface area (Å²) in [7, 11) is 1.88. The van der Waals surface area contributed by atoms with Crippen LogP contribution in [0.1, 0.15) is 17.5 Å². The molecule has 2 rings (SSSR count). The maximum absolute atomic E-state index is 4.44. The lowest BCUT2D eigenvalue weighted by Gasteiger charge is -2.36. The number of nitrogens with one attached hydrogen (secondary N) is 1. The number of piperazine rings is 1. The van der Waals surface area contributed by atoms with Crippen LogP contribution in [0.5, 0.6) is 0 Å². The topological polar surface area (TPSA) is 30.9 Å². The van der Waals surface area contributed by atoms with Gasteiger partial charge in [-0.15, -0.1) is 24.0 Å². The number of aryl methyl sites for hydroxylation is 1. The van der Waals surface area contributed by atoms with Crippen molar-refractivity contribution in [1.82, 2.24) is 15.1 Å². The predicted molar refractivity (Wildman–Crippen MR) is 118 cm³/mol. The number of aliphatic imine (C=N–C) groups is 1. The van der Waals surface area contributed by atoms with E-state index in [0.29, 0.717) is 0 Å². The van der Waals surface area contributed by atoms with Crippen molar-refractivity contribution in [1.29, 1.82) is 0 Å². The quantitative estimate of drug-likeness (QED) is 0.305. The summed E-state index contributed by atoms with van der Waals surface area (Å²) in [6.45, 7) is 8.52. The molecule has 0 radical (unpaired) electrons. The van der Waals surface area contributed by atoms with Crippen LogP contribution in [0.2, 0.25) is 0 Å². The number of halogens is 1. The molecule has 1 aromatic carbocycles. The number of rotatable bonds is 6. The third kappa shape index (κ3) is 7.19. The molecular weight excluding hydrogens is 431 g/mol.